The molecule has 0 saturated heterocycles. The molecule has 2 heteroatoms. The number of aromatic nitrogens is 1. The number of pyridine rings is 1. The Hall–Kier alpha value is -1.41. The Morgan fingerprint density at radius 2 is 2.05 bits per heavy atom. The van der Waals surface area contributed by atoms with E-state index in [4.69, 9.17) is 0 Å². The van der Waals surface area contributed by atoms with Crippen LogP contribution in [0.1, 0.15) is 37.8 Å². The van der Waals surface area contributed by atoms with Crippen LogP contribution in [0.4, 0.5) is 0 Å². The predicted octanol–water partition coefficient (Wildman–Crippen LogP) is 3.93. The van der Waals surface area contributed by atoms with Crippen LogP contribution in [0, 0.1) is 17.8 Å². The van der Waals surface area contributed by atoms with E-state index in [9.17, 15) is 0 Å². The minimum absolute atomic E-state index is 0.525. The highest BCUT2D eigenvalue weighted by Crippen LogP contribution is 2.57. The molecule has 0 spiro atoms. The summed E-state index contributed by atoms with van der Waals surface area (Å²) >= 11 is 0. The molecule has 0 radical (unpaired) electrons. The normalized spacial score (nSPS) is 29.4. The van der Waals surface area contributed by atoms with Crippen molar-refractivity contribution in [2.45, 2.75) is 32.2 Å². The summed E-state index contributed by atoms with van der Waals surface area (Å²) in [5, 5.41) is 4.99. The summed E-state index contributed by atoms with van der Waals surface area (Å²) in [6, 6.07) is 11.5. The molecule has 1 N–H and O–H groups in total. The van der Waals surface area contributed by atoms with Crippen molar-refractivity contribution in [3.8, 4) is 0 Å². The van der Waals surface area contributed by atoms with Crippen LogP contribution in [0.3, 0.4) is 0 Å². The van der Waals surface area contributed by atoms with Crippen LogP contribution in [0.15, 0.2) is 36.5 Å². The molecule has 20 heavy (non-hydrogen) atoms. The molecule has 3 unspecified atom stereocenters. The lowest BCUT2D eigenvalue weighted by atomic mass is 9.88. The molecule has 2 aliphatic rings. The molecule has 3 atom stereocenters. The molecule has 104 valence electrons. The second-order valence-corrected chi connectivity index (χ2v) is 6.48. The van der Waals surface area contributed by atoms with E-state index in [0.29, 0.717) is 6.04 Å². The third kappa shape index (κ3) is 2.12. The minimum atomic E-state index is 0.525. The molecular weight excluding hydrogens is 244 g/mol. The van der Waals surface area contributed by atoms with Gasteiger partial charge in [-0.25, -0.2) is 0 Å². The number of hydrogen-bond donors (Lipinski definition) is 1. The molecule has 2 fully saturated rings. The van der Waals surface area contributed by atoms with Gasteiger partial charge in [-0.05, 0) is 67.3 Å². The van der Waals surface area contributed by atoms with Crippen molar-refractivity contribution in [1.29, 1.82) is 0 Å². The maximum absolute atomic E-state index is 4.42. The molecule has 2 aliphatic carbocycles. The van der Waals surface area contributed by atoms with Gasteiger partial charge in [0, 0.05) is 17.6 Å². The highest BCUT2D eigenvalue weighted by molar-refractivity contribution is 5.79. The van der Waals surface area contributed by atoms with Gasteiger partial charge in [-0.1, -0.05) is 19.1 Å². The van der Waals surface area contributed by atoms with Gasteiger partial charge in [-0.2, -0.15) is 0 Å². The third-order valence-corrected chi connectivity index (χ3v) is 5.16. The first-order valence-corrected chi connectivity index (χ1v) is 7.93. The van der Waals surface area contributed by atoms with Crippen molar-refractivity contribution >= 4 is 10.9 Å². The number of nitrogens with zero attached hydrogens (tertiary/aromatic N) is 1. The molecule has 2 saturated carbocycles. The summed E-state index contributed by atoms with van der Waals surface area (Å²) in [6.45, 7) is 3.26. The van der Waals surface area contributed by atoms with Gasteiger partial charge >= 0.3 is 0 Å². The molecular formula is C18H22N2. The third-order valence-electron chi connectivity index (χ3n) is 5.16. The molecule has 2 aromatic rings. The first kappa shape index (κ1) is 12.3. The Bertz CT molecular complexity index is 612. The minimum Gasteiger partial charge on any atom is -0.310 e. The monoisotopic (exact) mass is 266 g/mol. The predicted molar refractivity (Wildman–Crippen MR) is 82.5 cm³/mol. The quantitative estimate of drug-likeness (QED) is 0.907. The average Bonchev–Trinajstić information content (AvgIpc) is 3.10. The summed E-state index contributed by atoms with van der Waals surface area (Å²) in [5.74, 6) is 2.92. The van der Waals surface area contributed by atoms with E-state index in [0.717, 1.165) is 29.8 Å². The van der Waals surface area contributed by atoms with E-state index in [1.807, 2.05) is 12.3 Å². The smallest absolute Gasteiger partial charge is 0.0702 e. The van der Waals surface area contributed by atoms with Crippen LogP contribution in [-0.2, 0) is 0 Å². The Labute approximate surface area is 120 Å². The van der Waals surface area contributed by atoms with Gasteiger partial charge in [0.15, 0.2) is 0 Å². The summed E-state index contributed by atoms with van der Waals surface area (Å²) in [6.07, 6.45) is 6.21. The van der Waals surface area contributed by atoms with E-state index in [-0.39, 0.29) is 0 Å². The van der Waals surface area contributed by atoms with Gasteiger partial charge in [0.25, 0.3) is 0 Å². The largest absolute Gasteiger partial charge is 0.310 e. The zero-order chi connectivity index (χ0) is 13.5. The zero-order valence-electron chi connectivity index (χ0n) is 12.0. The summed E-state index contributed by atoms with van der Waals surface area (Å²) in [7, 11) is 0. The van der Waals surface area contributed by atoms with Crippen molar-refractivity contribution in [1.82, 2.24) is 10.3 Å². The number of fused-ring (bicyclic) bond motifs is 2. The Morgan fingerprint density at radius 1 is 1.20 bits per heavy atom. The van der Waals surface area contributed by atoms with Crippen molar-refractivity contribution in [2.75, 3.05) is 6.54 Å². The van der Waals surface area contributed by atoms with Crippen LogP contribution in [0.5, 0.6) is 0 Å². The average molecular weight is 266 g/mol. The van der Waals surface area contributed by atoms with Crippen LogP contribution in [0.2, 0.25) is 0 Å². The van der Waals surface area contributed by atoms with Crippen molar-refractivity contribution < 1.29 is 0 Å². The van der Waals surface area contributed by atoms with Gasteiger partial charge in [-0.15, -0.1) is 0 Å². The summed E-state index contributed by atoms with van der Waals surface area (Å²) < 4.78 is 0. The number of rotatable bonds is 4. The lowest BCUT2D eigenvalue weighted by molar-refractivity contribution is 0.347. The second kappa shape index (κ2) is 4.85. The van der Waals surface area contributed by atoms with Crippen LogP contribution < -0.4 is 5.32 Å². The first-order chi connectivity index (χ1) is 9.85. The fraction of sp³-hybridized carbons (Fsp3) is 0.500. The number of nitrogens with one attached hydrogen (secondary N) is 1. The highest BCUT2D eigenvalue weighted by Gasteiger charge is 2.47. The topological polar surface area (TPSA) is 24.9 Å². The first-order valence-electron chi connectivity index (χ1n) is 7.93. The second-order valence-electron chi connectivity index (χ2n) is 6.48. The van der Waals surface area contributed by atoms with Crippen LogP contribution in [0.25, 0.3) is 10.9 Å². The van der Waals surface area contributed by atoms with E-state index in [1.54, 1.807) is 0 Å². The van der Waals surface area contributed by atoms with Gasteiger partial charge in [0.2, 0.25) is 0 Å². The molecule has 0 bridgehead atoms. The molecule has 1 aromatic heterocycles. The van der Waals surface area contributed by atoms with Gasteiger partial charge in [-0.3, -0.25) is 4.98 Å². The lowest BCUT2D eigenvalue weighted by Crippen LogP contribution is -2.27. The van der Waals surface area contributed by atoms with Crippen LogP contribution >= 0.6 is 0 Å². The van der Waals surface area contributed by atoms with Crippen molar-refractivity contribution in [2.24, 2.45) is 17.8 Å². The molecule has 1 aromatic carbocycles. The van der Waals surface area contributed by atoms with E-state index in [1.165, 1.54) is 30.2 Å². The van der Waals surface area contributed by atoms with Crippen LogP contribution in [-0.4, -0.2) is 11.5 Å². The fourth-order valence-corrected chi connectivity index (χ4v) is 4.10. The zero-order valence-corrected chi connectivity index (χ0v) is 12.0. The molecule has 0 aliphatic heterocycles. The Morgan fingerprint density at radius 3 is 2.85 bits per heavy atom. The van der Waals surface area contributed by atoms with Crippen molar-refractivity contribution in [3.05, 3.63) is 42.1 Å². The Kier molecular flexibility index (Phi) is 2.99. The van der Waals surface area contributed by atoms with Gasteiger partial charge < -0.3 is 5.32 Å². The summed E-state index contributed by atoms with van der Waals surface area (Å²) in [4.78, 5) is 4.42. The van der Waals surface area contributed by atoms with Crippen molar-refractivity contribution in [3.63, 3.8) is 0 Å². The maximum Gasteiger partial charge on any atom is 0.0702 e. The molecule has 0 amide bonds. The summed E-state index contributed by atoms with van der Waals surface area (Å²) in [5.41, 5.74) is 2.54. The fourth-order valence-electron chi connectivity index (χ4n) is 4.10. The van der Waals surface area contributed by atoms with E-state index < -0.39 is 0 Å². The molecule has 2 nitrogen and oxygen atoms in total. The standard InChI is InChI=1S/C18H22N2/c1-2-19-18(16-10-14-9-15(14)11-16)13-5-6-17-12(8-13)4-3-7-20-17/h3-8,14-16,18-19H,2,9-11H2,1H3. The number of benzene rings is 1. The van der Waals surface area contributed by atoms with E-state index >= 15 is 0 Å². The number of hydrogen-bond acceptors (Lipinski definition) is 2. The molecule has 1 heterocycles. The lowest BCUT2D eigenvalue weighted by Gasteiger charge is -2.26. The SMILES string of the molecule is CCNC(c1ccc2ncccc2c1)C1CC2CC2C1. The van der Waals surface area contributed by atoms with Gasteiger partial charge in [0.05, 0.1) is 5.52 Å². The van der Waals surface area contributed by atoms with E-state index in [2.05, 4.69) is 41.5 Å². The molecule has 4 rings (SSSR count). The Balaban J connectivity index is 1.66. The maximum atomic E-state index is 4.42. The highest BCUT2D eigenvalue weighted by atomic mass is 14.9. The van der Waals surface area contributed by atoms with Gasteiger partial charge in [0.1, 0.15) is 0 Å².